The van der Waals surface area contributed by atoms with Crippen LogP contribution < -0.4 is 0 Å². The van der Waals surface area contributed by atoms with Crippen LogP contribution in [0, 0.1) is 11.3 Å². The number of carbonyl (C=O) groups excluding carboxylic acids is 1. The van der Waals surface area contributed by atoms with E-state index in [9.17, 15) is 4.79 Å². The molecule has 0 heterocycles. The number of nitriles is 1. The summed E-state index contributed by atoms with van der Waals surface area (Å²) in [6.45, 7) is 0. The first-order valence-corrected chi connectivity index (χ1v) is 4.34. The Labute approximate surface area is 86.9 Å². The van der Waals surface area contributed by atoms with Crippen LogP contribution in [0.5, 0.6) is 0 Å². The molecular weight excluding hydrogens is 202 g/mol. The number of methoxy groups -OCH3 is 1. The van der Waals surface area contributed by atoms with Crippen molar-refractivity contribution >= 4 is 17.6 Å². The second-order valence-corrected chi connectivity index (χ2v) is 3.04. The number of carbonyl (C=O) groups is 1. The molecule has 0 aliphatic rings. The molecule has 1 unspecified atom stereocenters. The maximum absolute atomic E-state index is 11.0. The average molecular weight is 210 g/mol. The highest BCUT2D eigenvalue weighted by molar-refractivity contribution is 6.22. The van der Waals surface area contributed by atoms with Gasteiger partial charge >= 0.3 is 5.97 Å². The highest BCUT2D eigenvalue weighted by Crippen LogP contribution is 2.19. The van der Waals surface area contributed by atoms with Gasteiger partial charge in [-0.1, -0.05) is 12.1 Å². The number of benzene rings is 1. The number of nitrogens with zero attached hydrogens (tertiary/aromatic N) is 1. The third-order valence-corrected chi connectivity index (χ3v) is 2.09. The Bertz CT molecular complexity index is 367. The molecule has 4 heteroatoms. The molecule has 0 aliphatic heterocycles. The standard InChI is InChI=1S/C10H8ClNO2/c1-14-10(13)8-4-2-7(3-5-8)9(11)6-12/h2-5,9H,1H3. The molecule has 0 aliphatic carbocycles. The van der Waals surface area contributed by atoms with Crippen LogP contribution in [0.15, 0.2) is 24.3 Å². The number of esters is 1. The van der Waals surface area contributed by atoms with E-state index in [0.29, 0.717) is 11.1 Å². The van der Waals surface area contributed by atoms with Gasteiger partial charge < -0.3 is 4.74 Å². The fraction of sp³-hybridized carbons (Fsp3) is 0.200. The first kappa shape index (κ1) is 10.6. The SMILES string of the molecule is COC(=O)c1ccc(C(Cl)C#N)cc1. The summed E-state index contributed by atoms with van der Waals surface area (Å²) in [5.74, 6) is -0.403. The largest absolute Gasteiger partial charge is 0.465 e. The number of ether oxygens (including phenoxy) is 1. The summed E-state index contributed by atoms with van der Waals surface area (Å²) in [7, 11) is 1.32. The van der Waals surface area contributed by atoms with Crippen molar-refractivity contribution in [3.05, 3.63) is 35.4 Å². The Balaban J connectivity index is 2.90. The van der Waals surface area contributed by atoms with Crippen molar-refractivity contribution < 1.29 is 9.53 Å². The molecule has 0 aromatic heterocycles. The zero-order valence-corrected chi connectivity index (χ0v) is 8.28. The molecule has 0 saturated heterocycles. The molecule has 14 heavy (non-hydrogen) atoms. The minimum Gasteiger partial charge on any atom is -0.465 e. The number of halogens is 1. The fourth-order valence-corrected chi connectivity index (χ4v) is 1.13. The number of hydrogen-bond acceptors (Lipinski definition) is 3. The Kier molecular flexibility index (Phi) is 3.49. The molecule has 0 amide bonds. The molecule has 0 fully saturated rings. The molecule has 1 aromatic carbocycles. The molecule has 0 saturated carbocycles. The number of rotatable bonds is 2. The highest BCUT2D eigenvalue weighted by atomic mass is 35.5. The Hall–Kier alpha value is -1.53. The van der Waals surface area contributed by atoms with Crippen molar-refractivity contribution in [3.8, 4) is 6.07 Å². The lowest BCUT2D eigenvalue weighted by molar-refractivity contribution is 0.0600. The van der Waals surface area contributed by atoms with Gasteiger partial charge in [-0.05, 0) is 17.7 Å². The minimum atomic E-state index is -0.679. The first-order chi connectivity index (χ1) is 6.69. The van der Waals surface area contributed by atoms with Gasteiger partial charge in [0, 0.05) is 0 Å². The zero-order valence-electron chi connectivity index (χ0n) is 7.53. The predicted octanol–water partition coefficient (Wildman–Crippen LogP) is 2.28. The summed E-state index contributed by atoms with van der Waals surface area (Å²) in [5, 5.41) is 7.86. The Morgan fingerprint density at radius 1 is 1.50 bits per heavy atom. The van der Waals surface area contributed by atoms with Crippen molar-refractivity contribution in [1.82, 2.24) is 0 Å². The molecule has 72 valence electrons. The molecule has 1 atom stereocenters. The summed E-state index contributed by atoms with van der Waals surface area (Å²) < 4.78 is 4.53. The molecule has 0 bridgehead atoms. The van der Waals surface area contributed by atoms with Crippen LogP contribution in [0.25, 0.3) is 0 Å². The fourth-order valence-electron chi connectivity index (χ4n) is 0.981. The van der Waals surface area contributed by atoms with Gasteiger partial charge in [0.15, 0.2) is 0 Å². The Morgan fingerprint density at radius 2 is 2.07 bits per heavy atom. The maximum Gasteiger partial charge on any atom is 0.337 e. The van der Waals surface area contributed by atoms with Gasteiger partial charge in [0.25, 0.3) is 0 Å². The van der Waals surface area contributed by atoms with Gasteiger partial charge in [0.05, 0.1) is 18.7 Å². The van der Waals surface area contributed by atoms with E-state index in [2.05, 4.69) is 4.74 Å². The van der Waals surface area contributed by atoms with Crippen LogP contribution in [0.2, 0.25) is 0 Å². The highest BCUT2D eigenvalue weighted by Gasteiger charge is 2.08. The normalized spacial score (nSPS) is 11.5. The van der Waals surface area contributed by atoms with Gasteiger partial charge in [-0.3, -0.25) is 0 Å². The van der Waals surface area contributed by atoms with Gasteiger partial charge in [-0.25, -0.2) is 4.79 Å². The van der Waals surface area contributed by atoms with Gasteiger partial charge in [-0.2, -0.15) is 5.26 Å². The van der Waals surface area contributed by atoms with Crippen molar-refractivity contribution in [1.29, 1.82) is 5.26 Å². The molecule has 1 rings (SSSR count). The van der Waals surface area contributed by atoms with Crippen molar-refractivity contribution in [2.75, 3.05) is 7.11 Å². The smallest absolute Gasteiger partial charge is 0.337 e. The summed E-state index contributed by atoms with van der Waals surface area (Å²) >= 11 is 5.68. The number of alkyl halides is 1. The van der Waals surface area contributed by atoms with Gasteiger partial charge in [-0.15, -0.1) is 11.6 Å². The van der Waals surface area contributed by atoms with Crippen LogP contribution in [0.4, 0.5) is 0 Å². The second kappa shape index (κ2) is 4.64. The molecule has 0 spiro atoms. The molecule has 1 aromatic rings. The monoisotopic (exact) mass is 209 g/mol. The molecule has 0 radical (unpaired) electrons. The van der Waals surface area contributed by atoms with E-state index in [1.54, 1.807) is 24.3 Å². The third-order valence-electron chi connectivity index (χ3n) is 1.74. The van der Waals surface area contributed by atoms with Crippen LogP contribution in [-0.4, -0.2) is 13.1 Å². The predicted molar refractivity (Wildman–Crippen MR) is 52.0 cm³/mol. The van der Waals surface area contributed by atoms with Crippen LogP contribution in [0.1, 0.15) is 21.3 Å². The summed E-state index contributed by atoms with van der Waals surface area (Å²) in [6.07, 6.45) is 0. The number of hydrogen-bond donors (Lipinski definition) is 0. The zero-order chi connectivity index (χ0) is 10.6. The third kappa shape index (κ3) is 2.24. The lowest BCUT2D eigenvalue weighted by atomic mass is 10.1. The molecule has 0 N–H and O–H groups in total. The topological polar surface area (TPSA) is 50.1 Å². The molecular formula is C10H8ClNO2. The maximum atomic E-state index is 11.0. The van der Waals surface area contributed by atoms with Crippen LogP contribution in [0.3, 0.4) is 0 Å². The van der Waals surface area contributed by atoms with Crippen LogP contribution >= 0.6 is 11.6 Å². The lowest BCUT2D eigenvalue weighted by Crippen LogP contribution is -2.00. The first-order valence-electron chi connectivity index (χ1n) is 3.91. The summed E-state index contributed by atoms with van der Waals surface area (Å²) in [6, 6.07) is 8.31. The quantitative estimate of drug-likeness (QED) is 0.555. The van der Waals surface area contributed by atoms with Gasteiger partial charge in [0.2, 0.25) is 0 Å². The molecule has 3 nitrogen and oxygen atoms in total. The van der Waals surface area contributed by atoms with E-state index in [0.717, 1.165) is 0 Å². The lowest BCUT2D eigenvalue weighted by Gasteiger charge is -2.02. The van der Waals surface area contributed by atoms with Gasteiger partial charge in [0.1, 0.15) is 5.38 Å². The van der Waals surface area contributed by atoms with Crippen molar-refractivity contribution in [3.63, 3.8) is 0 Å². The summed E-state index contributed by atoms with van der Waals surface area (Å²) in [4.78, 5) is 11.0. The van der Waals surface area contributed by atoms with E-state index in [1.807, 2.05) is 6.07 Å². The van der Waals surface area contributed by atoms with E-state index in [-0.39, 0.29) is 0 Å². The van der Waals surface area contributed by atoms with Crippen molar-refractivity contribution in [2.45, 2.75) is 5.38 Å². The average Bonchev–Trinajstić information content (AvgIpc) is 2.27. The van der Waals surface area contributed by atoms with E-state index >= 15 is 0 Å². The van der Waals surface area contributed by atoms with Crippen molar-refractivity contribution in [2.24, 2.45) is 0 Å². The minimum absolute atomic E-state index is 0.403. The second-order valence-electron chi connectivity index (χ2n) is 2.61. The van der Waals surface area contributed by atoms with E-state index in [4.69, 9.17) is 16.9 Å². The van der Waals surface area contributed by atoms with E-state index < -0.39 is 11.3 Å². The Morgan fingerprint density at radius 3 is 2.50 bits per heavy atom. The van der Waals surface area contributed by atoms with E-state index in [1.165, 1.54) is 7.11 Å². The van der Waals surface area contributed by atoms with Crippen LogP contribution in [-0.2, 0) is 4.74 Å². The summed E-state index contributed by atoms with van der Waals surface area (Å²) in [5.41, 5.74) is 1.11.